The fraction of sp³-hybridized carbons (Fsp3) is 0.333. The number of benzene rings is 2. The van der Waals surface area contributed by atoms with E-state index in [-0.39, 0.29) is 12.2 Å². The molecule has 34 heavy (non-hydrogen) atoms. The lowest BCUT2D eigenvalue weighted by Crippen LogP contribution is -2.26. The van der Waals surface area contributed by atoms with Crippen LogP contribution in [0.2, 0.25) is 0 Å². The summed E-state index contributed by atoms with van der Waals surface area (Å²) in [6.45, 7) is 4.43. The molecule has 1 aromatic heterocycles. The zero-order valence-electron chi connectivity index (χ0n) is 19.1. The number of aromatic nitrogens is 2. The zero-order chi connectivity index (χ0) is 24.6. The van der Waals surface area contributed by atoms with Crippen LogP contribution >= 0.6 is 0 Å². The molecule has 0 fully saturated rings. The number of alkyl halides is 3. The van der Waals surface area contributed by atoms with Crippen molar-refractivity contribution in [2.24, 2.45) is 0 Å². The van der Waals surface area contributed by atoms with Crippen molar-refractivity contribution < 1.29 is 22.7 Å². The molecule has 0 aliphatic carbocycles. The molecule has 10 heteroatoms. The summed E-state index contributed by atoms with van der Waals surface area (Å²) < 4.78 is 46.9. The lowest BCUT2D eigenvalue weighted by atomic mass is 10.2. The minimum absolute atomic E-state index is 0.0942. The van der Waals surface area contributed by atoms with Gasteiger partial charge in [-0.1, -0.05) is 30.3 Å². The van der Waals surface area contributed by atoms with Crippen LogP contribution in [0.1, 0.15) is 34.2 Å². The average molecular weight is 476 g/mol. The molecule has 1 heterocycles. The number of nitrogens with zero attached hydrogens (tertiary/aromatic N) is 2. The monoisotopic (exact) mass is 475 g/mol. The van der Waals surface area contributed by atoms with Gasteiger partial charge in [0.1, 0.15) is 11.4 Å². The number of hydrogen-bond acceptors (Lipinski definition) is 5. The number of amides is 1. The highest BCUT2D eigenvalue weighted by molar-refractivity contribution is 5.93. The summed E-state index contributed by atoms with van der Waals surface area (Å²) in [5.41, 5.74) is 0.596. The van der Waals surface area contributed by atoms with Gasteiger partial charge in [-0.25, -0.2) is 4.68 Å². The van der Waals surface area contributed by atoms with Crippen LogP contribution in [-0.4, -0.2) is 42.4 Å². The molecule has 0 aliphatic heterocycles. The molecule has 0 spiro atoms. The fourth-order valence-electron chi connectivity index (χ4n) is 3.33. The van der Waals surface area contributed by atoms with E-state index in [1.807, 2.05) is 26.1 Å². The molecule has 7 nitrogen and oxygen atoms in total. The molecule has 182 valence electrons. The quantitative estimate of drug-likeness (QED) is 0.370. The molecule has 0 bridgehead atoms. The van der Waals surface area contributed by atoms with Crippen LogP contribution in [0.25, 0.3) is 5.69 Å². The number of nitrogens with one attached hydrogen (secondary N) is 3. The third-order valence-electron chi connectivity index (χ3n) is 4.98. The predicted molar refractivity (Wildman–Crippen MR) is 123 cm³/mol. The molecule has 2 aromatic carbocycles. The van der Waals surface area contributed by atoms with E-state index in [0.29, 0.717) is 24.6 Å². The fourth-order valence-corrected chi connectivity index (χ4v) is 3.33. The van der Waals surface area contributed by atoms with Crippen molar-refractivity contribution in [3.05, 3.63) is 77.1 Å². The number of carbonyl (C=O) groups excluding carboxylic acids is 1. The van der Waals surface area contributed by atoms with E-state index in [9.17, 15) is 18.0 Å². The minimum Gasteiger partial charge on any atom is -0.494 e. The van der Waals surface area contributed by atoms with Crippen LogP contribution < -0.4 is 20.7 Å². The molecule has 3 N–H and O–H groups in total. The topological polar surface area (TPSA) is 80.2 Å². The predicted octanol–water partition coefficient (Wildman–Crippen LogP) is 3.53. The van der Waals surface area contributed by atoms with Crippen molar-refractivity contribution in [1.82, 2.24) is 25.7 Å². The van der Waals surface area contributed by atoms with Gasteiger partial charge in [0.05, 0.1) is 12.3 Å². The Hall–Kier alpha value is -3.37. The van der Waals surface area contributed by atoms with Crippen LogP contribution in [0.15, 0.2) is 54.6 Å². The van der Waals surface area contributed by atoms with Crippen molar-refractivity contribution in [3.63, 3.8) is 0 Å². The van der Waals surface area contributed by atoms with Crippen molar-refractivity contribution in [2.75, 3.05) is 26.7 Å². The largest absolute Gasteiger partial charge is 0.494 e. The first-order valence-electron chi connectivity index (χ1n) is 10.9. The van der Waals surface area contributed by atoms with Crippen LogP contribution in [0.4, 0.5) is 13.2 Å². The van der Waals surface area contributed by atoms with Crippen molar-refractivity contribution in [3.8, 4) is 11.4 Å². The van der Waals surface area contributed by atoms with Gasteiger partial charge in [0.25, 0.3) is 5.91 Å². The first-order chi connectivity index (χ1) is 16.3. The second kappa shape index (κ2) is 11.7. The van der Waals surface area contributed by atoms with Crippen LogP contribution in [0, 0.1) is 0 Å². The van der Waals surface area contributed by atoms with Crippen molar-refractivity contribution >= 4 is 5.91 Å². The first-order valence-corrected chi connectivity index (χ1v) is 10.9. The number of halogens is 3. The molecule has 3 rings (SSSR count). The third-order valence-corrected chi connectivity index (χ3v) is 4.98. The lowest BCUT2D eigenvalue weighted by molar-refractivity contribution is -0.141. The van der Waals surface area contributed by atoms with Gasteiger partial charge in [0.15, 0.2) is 5.69 Å². The Morgan fingerprint density at radius 2 is 1.85 bits per heavy atom. The molecule has 0 aliphatic rings. The van der Waals surface area contributed by atoms with E-state index in [0.717, 1.165) is 35.0 Å². The first kappa shape index (κ1) is 25.3. The highest BCUT2D eigenvalue weighted by atomic mass is 19.4. The summed E-state index contributed by atoms with van der Waals surface area (Å²) in [7, 11) is 1.85. The molecule has 0 atom stereocenters. The Balaban J connectivity index is 1.85. The maximum Gasteiger partial charge on any atom is 0.435 e. The summed E-state index contributed by atoms with van der Waals surface area (Å²) in [4.78, 5) is 13.0. The lowest BCUT2D eigenvalue weighted by Gasteiger charge is -2.12. The number of para-hydroxylation sites is 1. The zero-order valence-corrected chi connectivity index (χ0v) is 19.1. The Kier molecular flexibility index (Phi) is 8.67. The Bertz CT molecular complexity index is 1100. The maximum absolute atomic E-state index is 13.4. The standard InChI is InChI=1S/C24H28F3N5O2/c1-3-34-21-10-5-4-8-18(21)16-30-23(33)20-14-22(24(25,26)27)31-32(20)19-9-6-7-17(13-19)15-29-12-11-28-2/h4-10,13-14,28-29H,3,11-12,15-16H2,1-2H3,(H,30,33). The third kappa shape index (κ3) is 6.58. The molecular weight excluding hydrogens is 447 g/mol. The highest BCUT2D eigenvalue weighted by Crippen LogP contribution is 2.30. The average Bonchev–Trinajstić information content (AvgIpc) is 3.28. The molecule has 0 saturated heterocycles. The van der Waals surface area contributed by atoms with E-state index in [1.54, 1.807) is 36.4 Å². The molecule has 0 radical (unpaired) electrons. The number of ether oxygens (including phenoxy) is 1. The smallest absolute Gasteiger partial charge is 0.435 e. The highest BCUT2D eigenvalue weighted by Gasteiger charge is 2.36. The molecule has 0 unspecified atom stereocenters. The van der Waals surface area contributed by atoms with E-state index >= 15 is 0 Å². The van der Waals surface area contributed by atoms with Crippen molar-refractivity contribution in [1.29, 1.82) is 0 Å². The van der Waals surface area contributed by atoms with Crippen LogP contribution in [0.3, 0.4) is 0 Å². The summed E-state index contributed by atoms with van der Waals surface area (Å²) in [6.07, 6.45) is -4.69. The Morgan fingerprint density at radius 1 is 1.06 bits per heavy atom. The summed E-state index contributed by atoms with van der Waals surface area (Å²) in [5.74, 6) is -0.0693. The van der Waals surface area contributed by atoms with E-state index < -0.39 is 17.8 Å². The van der Waals surface area contributed by atoms with Gasteiger partial charge >= 0.3 is 6.18 Å². The van der Waals surface area contributed by atoms with Gasteiger partial charge in [0, 0.05) is 37.8 Å². The summed E-state index contributed by atoms with van der Waals surface area (Å²) in [6, 6.07) is 14.8. The Morgan fingerprint density at radius 3 is 2.59 bits per heavy atom. The minimum atomic E-state index is -4.69. The number of hydrogen-bond donors (Lipinski definition) is 3. The molecular formula is C24H28F3N5O2. The molecule has 0 saturated carbocycles. The van der Waals surface area contributed by atoms with E-state index in [4.69, 9.17) is 4.74 Å². The number of carbonyl (C=O) groups is 1. The number of rotatable bonds is 11. The second-order valence-electron chi connectivity index (χ2n) is 7.50. The van der Waals surface area contributed by atoms with Crippen molar-refractivity contribution in [2.45, 2.75) is 26.2 Å². The van der Waals surface area contributed by atoms with Crippen LogP contribution in [-0.2, 0) is 19.3 Å². The molecule has 3 aromatic rings. The van der Waals surface area contributed by atoms with Crippen LogP contribution in [0.5, 0.6) is 5.75 Å². The van der Waals surface area contributed by atoms with Gasteiger partial charge in [0.2, 0.25) is 0 Å². The van der Waals surface area contributed by atoms with Gasteiger partial charge in [-0.2, -0.15) is 18.3 Å². The number of likely N-dealkylation sites (N-methyl/N-ethyl adjacent to an activating group) is 1. The summed E-state index contributed by atoms with van der Waals surface area (Å²) >= 11 is 0. The molecule has 1 amide bonds. The van der Waals surface area contributed by atoms with E-state index in [2.05, 4.69) is 21.0 Å². The summed E-state index contributed by atoms with van der Waals surface area (Å²) in [5, 5.41) is 12.7. The van der Waals surface area contributed by atoms with Gasteiger partial charge < -0.3 is 20.7 Å². The van der Waals surface area contributed by atoms with Gasteiger partial charge in [-0.15, -0.1) is 0 Å². The normalized spacial score (nSPS) is 11.4. The SMILES string of the molecule is CCOc1ccccc1CNC(=O)c1cc(C(F)(F)F)nn1-c1cccc(CNCCNC)c1. The second-order valence-corrected chi connectivity index (χ2v) is 7.50. The van der Waals surface area contributed by atoms with E-state index in [1.165, 1.54) is 0 Å². The van der Waals surface area contributed by atoms with Gasteiger partial charge in [-0.05, 0) is 37.7 Å². The maximum atomic E-state index is 13.4. The van der Waals surface area contributed by atoms with Gasteiger partial charge in [-0.3, -0.25) is 4.79 Å². The Labute approximate surface area is 196 Å².